The third kappa shape index (κ3) is 5.01. The molecule has 28 heavy (non-hydrogen) atoms. The monoisotopic (exact) mass is 407 g/mol. The summed E-state index contributed by atoms with van der Waals surface area (Å²) in [5.74, 6) is 0.760. The zero-order chi connectivity index (χ0) is 20.1. The number of ether oxygens (including phenoxy) is 1. The van der Waals surface area contributed by atoms with Crippen LogP contribution in [-0.4, -0.2) is 17.6 Å². The Hall–Kier alpha value is -3.07. The van der Waals surface area contributed by atoms with Crippen molar-refractivity contribution in [3.63, 3.8) is 0 Å². The van der Waals surface area contributed by atoms with Crippen molar-refractivity contribution in [2.45, 2.75) is 13.1 Å². The van der Waals surface area contributed by atoms with Crippen LogP contribution in [0.4, 0.5) is 28.8 Å². The van der Waals surface area contributed by atoms with Gasteiger partial charge in [-0.05, 0) is 55.5 Å². The van der Waals surface area contributed by atoms with E-state index in [1.165, 1.54) is 23.5 Å². The van der Waals surface area contributed by atoms with Crippen LogP contribution in [-0.2, 0) is 6.18 Å². The molecule has 0 saturated carbocycles. The summed E-state index contributed by atoms with van der Waals surface area (Å²) >= 11 is 1.24. The van der Waals surface area contributed by atoms with Crippen LogP contribution in [0.1, 0.15) is 12.5 Å². The molecule has 2 N–H and O–H groups in total. The minimum Gasteiger partial charge on any atom is -0.494 e. The molecule has 0 aliphatic carbocycles. The number of nitrogens with zero attached hydrogens (tertiary/aromatic N) is 1. The molecule has 2 aromatic carbocycles. The molecule has 146 valence electrons. The molecule has 0 aliphatic rings. The van der Waals surface area contributed by atoms with E-state index in [1.54, 1.807) is 5.38 Å². The number of halogens is 3. The Morgan fingerprint density at radius 1 is 1.07 bits per heavy atom. The summed E-state index contributed by atoms with van der Waals surface area (Å²) < 4.78 is 43.1. The fourth-order valence-corrected chi connectivity index (χ4v) is 3.07. The number of hydrogen-bond acceptors (Lipinski definition) is 4. The molecular weight excluding hydrogens is 391 g/mol. The van der Waals surface area contributed by atoms with Crippen LogP contribution in [0.5, 0.6) is 5.75 Å². The molecule has 0 atom stereocenters. The molecule has 1 heterocycles. The number of aromatic nitrogens is 1. The van der Waals surface area contributed by atoms with Gasteiger partial charge in [-0.3, -0.25) is 5.32 Å². The van der Waals surface area contributed by atoms with E-state index >= 15 is 0 Å². The van der Waals surface area contributed by atoms with Crippen molar-refractivity contribution in [3.05, 3.63) is 59.5 Å². The molecule has 0 fully saturated rings. The Kier molecular flexibility index (Phi) is 5.84. The summed E-state index contributed by atoms with van der Waals surface area (Å²) in [5, 5.41) is 7.20. The van der Waals surface area contributed by atoms with E-state index in [1.807, 2.05) is 31.2 Å². The first-order chi connectivity index (χ1) is 13.3. The summed E-state index contributed by atoms with van der Waals surface area (Å²) in [5.41, 5.74) is 1.03. The molecule has 5 nitrogen and oxygen atoms in total. The predicted octanol–water partition coefficient (Wildman–Crippen LogP) is 5.87. The fraction of sp³-hybridized carbons (Fsp3) is 0.158. The number of nitrogens with one attached hydrogen (secondary N) is 2. The predicted molar refractivity (Wildman–Crippen MR) is 103 cm³/mol. The maximum absolute atomic E-state index is 12.6. The number of anilines is 2. The average Bonchev–Trinajstić information content (AvgIpc) is 3.10. The average molecular weight is 407 g/mol. The van der Waals surface area contributed by atoms with Gasteiger partial charge in [-0.2, -0.15) is 13.2 Å². The maximum atomic E-state index is 12.6. The fourth-order valence-electron chi connectivity index (χ4n) is 2.35. The lowest BCUT2D eigenvalue weighted by Crippen LogP contribution is -2.19. The standard InChI is InChI=1S/C19H16F3N3O2S/c1-2-27-15-9-3-12(4-10-15)16-11-28-18(24-16)25-17(26)23-14-7-5-13(6-8-14)19(20,21)22/h3-11H,2H2,1H3,(H2,23,24,25,26). The van der Waals surface area contributed by atoms with E-state index in [2.05, 4.69) is 15.6 Å². The van der Waals surface area contributed by atoms with Crippen LogP contribution in [0.15, 0.2) is 53.9 Å². The van der Waals surface area contributed by atoms with Crippen LogP contribution in [0.25, 0.3) is 11.3 Å². The molecule has 0 spiro atoms. The number of benzene rings is 2. The van der Waals surface area contributed by atoms with Crippen LogP contribution < -0.4 is 15.4 Å². The lowest BCUT2D eigenvalue weighted by Gasteiger charge is -2.08. The van der Waals surface area contributed by atoms with Gasteiger partial charge in [0.2, 0.25) is 0 Å². The van der Waals surface area contributed by atoms with Crippen molar-refractivity contribution in [3.8, 4) is 17.0 Å². The van der Waals surface area contributed by atoms with Crippen LogP contribution in [0.3, 0.4) is 0 Å². The van der Waals surface area contributed by atoms with E-state index < -0.39 is 17.8 Å². The number of carbonyl (C=O) groups is 1. The van der Waals surface area contributed by atoms with Gasteiger partial charge < -0.3 is 10.1 Å². The highest BCUT2D eigenvalue weighted by Gasteiger charge is 2.29. The molecule has 0 unspecified atom stereocenters. The van der Waals surface area contributed by atoms with E-state index in [9.17, 15) is 18.0 Å². The second-order valence-electron chi connectivity index (χ2n) is 5.65. The molecule has 3 aromatic rings. The van der Waals surface area contributed by atoms with Crippen molar-refractivity contribution in [1.29, 1.82) is 0 Å². The second kappa shape index (κ2) is 8.30. The summed E-state index contributed by atoms with van der Waals surface area (Å²) in [6.07, 6.45) is -4.42. The topological polar surface area (TPSA) is 63.2 Å². The first-order valence-electron chi connectivity index (χ1n) is 8.29. The summed E-state index contributed by atoms with van der Waals surface area (Å²) in [6, 6.07) is 11.0. The Balaban J connectivity index is 1.60. The smallest absolute Gasteiger partial charge is 0.416 e. The lowest BCUT2D eigenvalue weighted by molar-refractivity contribution is -0.137. The van der Waals surface area contributed by atoms with Gasteiger partial charge in [0, 0.05) is 16.6 Å². The molecule has 0 bridgehead atoms. The van der Waals surface area contributed by atoms with E-state index in [0.717, 1.165) is 23.4 Å². The number of urea groups is 1. The highest BCUT2D eigenvalue weighted by atomic mass is 32.1. The summed E-state index contributed by atoms with van der Waals surface area (Å²) in [7, 11) is 0. The Morgan fingerprint density at radius 3 is 2.36 bits per heavy atom. The van der Waals surface area contributed by atoms with Gasteiger partial charge >= 0.3 is 12.2 Å². The number of carbonyl (C=O) groups excluding carboxylic acids is 1. The third-order valence-electron chi connectivity index (χ3n) is 3.66. The van der Waals surface area contributed by atoms with E-state index in [-0.39, 0.29) is 5.69 Å². The van der Waals surface area contributed by atoms with Gasteiger partial charge in [-0.1, -0.05) is 0 Å². The normalized spacial score (nSPS) is 11.1. The lowest BCUT2D eigenvalue weighted by atomic mass is 10.2. The van der Waals surface area contributed by atoms with Gasteiger partial charge in [-0.25, -0.2) is 9.78 Å². The number of amides is 2. The van der Waals surface area contributed by atoms with Crippen LogP contribution in [0.2, 0.25) is 0 Å². The molecule has 0 saturated heterocycles. The highest BCUT2D eigenvalue weighted by Crippen LogP contribution is 2.30. The summed E-state index contributed by atoms with van der Waals surface area (Å²) in [6.45, 7) is 2.49. The molecule has 2 amide bonds. The molecule has 0 aliphatic heterocycles. The number of rotatable bonds is 5. The molecule has 9 heteroatoms. The Labute approximate surface area is 163 Å². The molecule has 1 aromatic heterocycles. The van der Waals surface area contributed by atoms with Gasteiger partial charge in [0.15, 0.2) is 5.13 Å². The van der Waals surface area contributed by atoms with E-state index in [0.29, 0.717) is 17.4 Å². The van der Waals surface area contributed by atoms with Crippen molar-refractivity contribution < 1.29 is 22.7 Å². The van der Waals surface area contributed by atoms with Crippen molar-refractivity contribution in [1.82, 2.24) is 4.98 Å². The summed E-state index contributed by atoms with van der Waals surface area (Å²) in [4.78, 5) is 16.4. The third-order valence-corrected chi connectivity index (χ3v) is 4.41. The minimum absolute atomic E-state index is 0.244. The largest absolute Gasteiger partial charge is 0.494 e. The number of thiazole rings is 1. The van der Waals surface area contributed by atoms with Gasteiger partial charge in [0.05, 0.1) is 17.9 Å². The SMILES string of the molecule is CCOc1ccc(-c2csc(NC(=O)Nc3ccc(C(F)(F)F)cc3)n2)cc1. The number of alkyl halides is 3. The molecule has 3 rings (SSSR count). The quantitative estimate of drug-likeness (QED) is 0.556. The van der Waals surface area contributed by atoms with Gasteiger partial charge in [0.25, 0.3) is 0 Å². The molecular formula is C19H16F3N3O2S. The number of hydrogen-bond donors (Lipinski definition) is 2. The van der Waals surface area contributed by atoms with Crippen molar-refractivity contribution >= 4 is 28.2 Å². The van der Waals surface area contributed by atoms with Gasteiger partial charge in [-0.15, -0.1) is 11.3 Å². The second-order valence-corrected chi connectivity index (χ2v) is 6.51. The molecule has 0 radical (unpaired) electrons. The minimum atomic E-state index is -4.42. The first-order valence-corrected chi connectivity index (χ1v) is 9.17. The van der Waals surface area contributed by atoms with Crippen molar-refractivity contribution in [2.24, 2.45) is 0 Å². The maximum Gasteiger partial charge on any atom is 0.416 e. The zero-order valence-corrected chi connectivity index (χ0v) is 15.5. The zero-order valence-electron chi connectivity index (χ0n) is 14.7. The van der Waals surface area contributed by atoms with E-state index in [4.69, 9.17) is 4.74 Å². The van der Waals surface area contributed by atoms with Crippen LogP contribution in [0, 0.1) is 0 Å². The van der Waals surface area contributed by atoms with Crippen molar-refractivity contribution in [2.75, 3.05) is 17.2 Å². The van der Waals surface area contributed by atoms with Crippen LogP contribution >= 0.6 is 11.3 Å². The Morgan fingerprint density at radius 2 is 1.75 bits per heavy atom. The van der Waals surface area contributed by atoms with Gasteiger partial charge in [0.1, 0.15) is 5.75 Å². The Bertz CT molecular complexity index is 938. The highest BCUT2D eigenvalue weighted by molar-refractivity contribution is 7.14. The first kappa shape index (κ1) is 19.7.